The average molecular weight is 322 g/mol. The molecule has 2 unspecified atom stereocenters. The van der Waals surface area contributed by atoms with E-state index in [9.17, 15) is 9.90 Å². The highest BCUT2D eigenvalue weighted by Gasteiger charge is 2.21. The Hall–Kier alpha value is -2.34. The molecule has 2 amide bonds. The first kappa shape index (κ1) is 18.7. The molecule has 126 valence electrons. The molecule has 0 saturated heterocycles. The number of nitrogens with zero attached hydrogens (tertiary/aromatic N) is 1. The van der Waals surface area contributed by atoms with Crippen molar-refractivity contribution in [2.45, 2.75) is 19.2 Å². The Bertz CT molecular complexity index is 532. The summed E-state index contributed by atoms with van der Waals surface area (Å²) < 4.78 is 10.2. The number of benzene rings is 1. The second kappa shape index (κ2) is 10.4. The van der Waals surface area contributed by atoms with Crippen molar-refractivity contribution in [3.05, 3.63) is 29.8 Å². The third kappa shape index (κ3) is 6.52. The lowest BCUT2D eigenvalue weighted by Crippen LogP contribution is -2.56. The second-order valence-electron chi connectivity index (χ2n) is 4.60. The van der Waals surface area contributed by atoms with E-state index < -0.39 is 18.3 Å². The molecule has 8 heteroatoms. The number of hydrogen-bond donors (Lipinski definition) is 4. The number of rotatable bonds is 9. The Kier molecular flexibility index (Phi) is 8.46. The fraction of sp³-hybridized carbons (Fsp3) is 0.467. The van der Waals surface area contributed by atoms with Crippen LogP contribution in [0.2, 0.25) is 0 Å². The first-order chi connectivity index (χ1) is 11.1. The summed E-state index contributed by atoms with van der Waals surface area (Å²) in [5, 5.41) is 27.2. The van der Waals surface area contributed by atoms with E-state index in [1.54, 1.807) is 24.3 Å². The number of methoxy groups -OCH3 is 1. The molecular formula is C15H22N4O4. The number of nitrogens with one attached hydrogen (secondary N) is 3. The van der Waals surface area contributed by atoms with Gasteiger partial charge in [-0.2, -0.15) is 5.26 Å². The van der Waals surface area contributed by atoms with E-state index in [0.29, 0.717) is 17.9 Å². The lowest BCUT2D eigenvalue weighted by atomic mass is 10.2. The van der Waals surface area contributed by atoms with Crippen molar-refractivity contribution in [2.24, 2.45) is 0 Å². The number of likely N-dealkylation sites (N-methyl/N-ethyl adjacent to an activating group) is 1. The van der Waals surface area contributed by atoms with E-state index in [2.05, 4.69) is 16.0 Å². The largest absolute Gasteiger partial charge is 0.489 e. The number of urea groups is 1. The van der Waals surface area contributed by atoms with E-state index in [1.807, 2.05) is 13.0 Å². The van der Waals surface area contributed by atoms with Crippen molar-refractivity contribution >= 4 is 6.03 Å². The zero-order chi connectivity index (χ0) is 17.1. The topological polar surface area (TPSA) is 116 Å². The van der Waals surface area contributed by atoms with Gasteiger partial charge in [0.1, 0.15) is 37.4 Å². The second-order valence-corrected chi connectivity index (χ2v) is 4.60. The van der Waals surface area contributed by atoms with E-state index in [-0.39, 0.29) is 13.3 Å². The Labute approximate surface area is 135 Å². The van der Waals surface area contributed by atoms with Gasteiger partial charge >= 0.3 is 6.03 Å². The van der Waals surface area contributed by atoms with E-state index in [4.69, 9.17) is 14.7 Å². The van der Waals surface area contributed by atoms with Crippen LogP contribution in [0.15, 0.2) is 24.3 Å². The smallest absolute Gasteiger partial charge is 0.317 e. The van der Waals surface area contributed by atoms with Crippen molar-refractivity contribution in [2.75, 3.05) is 27.0 Å². The van der Waals surface area contributed by atoms with Gasteiger partial charge in [-0.15, -0.1) is 0 Å². The van der Waals surface area contributed by atoms with Gasteiger partial charge in [0.2, 0.25) is 0 Å². The van der Waals surface area contributed by atoms with Crippen LogP contribution in [0.25, 0.3) is 0 Å². The molecule has 1 aromatic carbocycles. The Morgan fingerprint density at radius 2 is 2.17 bits per heavy atom. The van der Waals surface area contributed by atoms with Crippen LogP contribution < -0.4 is 20.7 Å². The zero-order valence-corrected chi connectivity index (χ0v) is 13.2. The monoisotopic (exact) mass is 322 g/mol. The molecule has 0 saturated carbocycles. The van der Waals surface area contributed by atoms with Crippen LogP contribution >= 0.6 is 0 Å². The van der Waals surface area contributed by atoms with Crippen molar-refractivity contribution < 1.29 is 19.4 Å². The molecule has 0 fully saturated rings. The quantitative estimate of drug-likeness (QED) is 0.481. The van der Waals surface area contributed by atoms with Gasteiger partial charge in [0, 0.05) is 7.11 Å². The number of amides is 2. The highest BCUT2D eigenvalue weighted by atomic mass is 16.5. The number of aliphatic hydroxyl groups is 1. The normalized spacial score (nSPS) is 12.8. The first-order valence-electron chi connectivity index (χ1n) is 7.19. The van der Waals surface area contributed by atoms with Crippen LogP contribution in [0.1, 0.15) is 12.5 Å². The molecule has 0 spiro atoms. The van der Waals surface area contributed by atoms with Crippen molar-refractivity contribution in [1.82, 2.24) is 16.0 Å². The highest BCUT2D eigenvalue weighted by Crippen LogP contribution is 2.16. The van der Waals surface area contributed by atoms with Gasteiger partial charge in [-0.05, 0) is 18.7 Å². The van der Waals surface area contributed by atoms with Gasteiger partial charge in [-0.25, -0.2) is 4.79 Å². The number of aliphatic hydroxyl groups excluding tert-OH is 1. The van der Waals surface area contributed by atoms with E-state index in [1.165, 1.54) is 7.11 Å². The molecule has 0 heterocycles. The van der Waals surface area contributed by atoms with Gasteiger partial charge in [0.25, 0.3) is 0 Å². The third-order valence-corrected chi connectivity index (χ3v) is 2.89. The standard InChI is InChI=1S/C15H22N4O4/c1-3-17-14(19-15(21)18-10-22-2)12(20)9-23-13-7-5-4-6-11(13)8-16/h4-7,12,14,17,20H,3,9-10H2,1-2H3,(H2,18,19,21). The summed E-state index contributed by atoms with van der Waals surface area (Å²) in [6, 6.07) is 8.27. The van der Waals surface area contributed by atoms with Crippen LogP contribution in [0, 0.1) is 11.3 Å². The molecule has 0 radical (unpaired) electrons. The van der Waals surface area contributed by atoms with Crippen LogP contribution in [0.3, 0.4) is 0 Å². The minimum absolute atomic E-state index is 0.0623. The molecule has 0 aliphatic heterocycles. The number of hydrogen-bond acceptors (Lipinski definition) is 6. The van der Waals surface area contributed by atoms with Crippen LogP contribution in [0.4, 0.5) is 4.79 Å². The van der Waals surface area contributed by atoms with Crippen LogP contribution in [0.5, 0.6) is 5.75 Å². The lowest BCUT2D eigenvalue weighted by molar-refractivity contribution is 0.0643. The van der Waals surface area contributed by atoms with Crippen molar-refractivity contribution in [3.8, 4) is 11.8 Å². The van der Waals surface area contributed by atoms with Gasteiger partial charge < -0.3 is 25.2 Å². The summed E-state index contributed by atoms with van der Waals surface area (Å²) >= 11 is 0. The maximum atomic E-state index is 11.6. The maximum Gasteiger partial charge on any atom is 0.317 e. The fourth-order valence-corrected chi connectivity index (χ4v) is 1.79. The van der Waals surface area contributed by atoms with Crippen molar-refractivity contribution in [1.29, 1.82) is 5.26 Å². The van der Waals surface area contributed by atoms with Gasteiger partial charge in [-0.1, -0.05) is 19.1 Å². The van der Waals surface area contributed by atoms with Gasteiger partial charge in [0.05, 0.1) is 5.56 Å². The summed E-state index contributed by atoms with van der Waals surface area (Å²) in [6.07, 6.45) is -1.71. The first-order valence-corrected chi connectivity index (χ1v) is 7.19. The Morgan fingerprint density at radius 3 is 2.83 bits per heavy atom. The zero-order valence-electron chi connectivity index (χ0n) is 13.2. The van der Waals surface area contributed by atoms with E-state index in [0.717, 1.165) is 0 Å². The molecule has 2 atom stereocenters. The van der Waals surface area contributed by atoms with Crippen molar-refractivity contribution in [3.63, 3.8) is 0 Å². The molecule has 1 rings (SSSR count). The van der Waals surface area contributed by atoms with Crippen LogP contribution in [-0.2, 0) is 4.74 Å². The summed E-state index contributed by atoms with van der Waals surface area (Å²) in [7, 11) is 1.46. The molecule has 0 aliphatic rings. The highest BCUT2D eigenvalue weighted by molar-refractivity contribution is 5.74. The minimum atomic E-state index is -1.00. The molecule has 23 heavy (non-hydrogen) atoms. The number of ether oxygens (including phenoxy) is 2. The van der Waals surface area contributed by atoms with Gasteiger partial charge in [0.15, 0.2) is 0 Å². The predicted octanol–water partition coefficient (Wildman–Crippen LogP) is 0.137. The summed E-state index contributed by atoms with van der Waals surface area (Å²) in [5.74, 6) is 0.383. The predicted molar refractivity (Wildman–Crippen MR) is 83.7 cm³/mol. The molecular weight excluding hydrogens is 300 g/mol. The summed E-state index contributed by atoms with van der Waals surface area (Å²) in [5.41, 5.74) is 0.380. The Morgan fingerprint density at radius 1 is 1.43 bits per heavy atom. The number of nitriles is 1. The SMILES string of the molecule is CCNC(NC(=O)NCOC)C(O)COc1ccccc1C#N. The fourth-order valence-electron chi connectivity index (χ4n) is 1.79. The average Bonchev–Trinajstić information content (AvgIpc) is 2.57. The Balaban J connectivity index is 2.58. The maximum absolute atomic E-state index is 11.6. The number of carbonyl (C=O) groups excluding carboxylic acids is 1. The molecule has 4 N–H and O–H groups in total. The lowest BCUT2D eigenvalue weighted by Gasteiger charge is -2.25. The molecule has 0 bridgehead atoms. The number of para-hydroxylation sites is 1. The summed E-state index contributed by atoms with van der Waals surface area (Å²) in [6.45, 7) is 2.37. The minimum Gasteiger partial charge on any atom is -0.489 e. The van der Waals surface area contributed by atoms with E-state index >= 15 is 0 Å². The molecule has 8 nitrogen and oxygen atoms in total. The van der Waals surface area contributed by atoms with Crippen LogP contribution in [-0.4, -0.2) is 50.4 Å². The van der Waals surface area contributed by atoms with Gasteiger partial charge in [-0.3, -0.25) is 5.32 Å². The molecule has 1 aromatic rings. The molecule has 0 aromatic heterocycles. The number of carbonyl (C=O) groups is 1. The molecule has 0 aliphatic carbocycles. The third-order valence-electron chi connectivity index (χ3n) is 2.89. The summed E-state index contributed by atoms with van der Waals surface area (Å²) in [4.78, 5) is 11.6.